The van der Waals surface area contributed by atoms with Crippen molar-refractivity contribution in [1.29, 1.82) is 0 Å². The van der Waals surface area contributed by atoms with Crippen LogP contribution in [0.5, 0.6) is 0 Å². The van der Waals surface area contributed by atoms with Gasteiger partial charge >= 0.3 is 5.97 Å². The summed E-state index contributed by atoms with van der Waals surface area (Å²) in [5.41, 5.74) is 0.433. The number of carbonyl (C=O) groups excluding carboxylic acids is 1. The number of nitrogens with one attached hydrogen (secondary N) is 1. The largest absolute Gasteiger partial charge is 0.466 e. The van der Waals surface area contributed by atoms with Crippen molar-refractivity contribution in [2.24, 2.45) is 0 Å². The van der Waals surface area contributed by atoms with E-state index in [-0.39, 0.29) is 11.1 Å². The Labute approximate surface area is 164 Å². The lowest BCUT2D eigenvalue weighted by Crippen LogP contribution is -2.50. The first kappa shape index (κ1) is 21.2. The first-order valence-electron chi connectivity index (χ1n) is 8.88. The molecule has 27 heavy (non-hydrogen) atoms. The number of hydrogen-bond acceptors (Lipinski definition) is 4. The minimum atomic E-state index is -1.05. The molecule has 0 radical (unpaired) electrons. The van der Waals surface area contributed by atoms with E-state index in [2.05, 4.69) is 24.1 Å². The topological polar surface area (TPSA) is 44.8 Å². The van der Waals surface area contributed by atoms with Crippen molar-refractivity contribution in [3.63, 3.8) is 0 Å². The zero-order valence-electron chi connectivity index (χ0n) is 16.0. The van der Waals surface area contributed by atoms with E-state index in [9.17, 15) is 13.6 Å². The molecule has 0 saturated heterocycles. The van der Waals surface area contributed by atoms with E-state index in [0.29, 0.717) is 17.4 Å². The van der Waals surface area contributed by atoms with Crippen LogP contribution in [0, 0.1) is 11.6 Å². The first-order valence-corrected chi connectivity index (χ1v) is 9.29. The summed E-state index contributed by atoms with van der Waals surface area (Å²) in [7, 11) is 1.24. The van der Waals surface area contributed by atoms with Gasteiger partial charge in [-0.3, -0.25) is 0 Å². The maximum Gasteiger partial charge on any atom is 0.337 e. The highest BCUT2D eigenvalue weighted by Crippen LogP contribution is 2.33. The number of esters is 1. The summed E-state index contributed by atoms with van der Waals surface area (Å²) >= 11 is 5.43. The van der Waals surface area contributed by atoms with Gasteiger partial charge in [0.2, 0.25) is 0 Å². The number of hydrogen-bond donors (Lipinski definition) is 1. The SMILES string of the molecule is CCN(CC)CCN1C(=S)N[C@@H](c2c(F)cccc2F)C(C(=O)OC)=C1C. The fourth-order valence-electron chi connectivity index (χ4n) is 3.21. The molecule has 0 fully saturated rings. The summed E-state index contributed by atoms with van der Waals surface area (Å²) in [4.78, 5) is 16.4. The van der Waals surface area contributed by atoms with Crippen LogP contribution in [0.15, 0.2) is 29.5 Å². The number of thiocarbonyl (C=S) groups is 1. The molecule has 1 aromatic carbocycles. The molecule has 5 nitrogen and oxygen atoms in total. The van der Waals surface area contributed by atoms with E-state index >= 15 is 0 Å². The minimum Gasteiger partial charge on any atom is -0.466 e. The van der Waals surface area contributed by atoms with Crippen molar-refractivity contribution in [2.75, 3.05) is 33.3 Å². The van der Waals surface area contributed by atoms with Crippen molar-refractivity contribution in [2.45, 2.75) is 26.8 Å². The number of allylic oxidation sites excluding steroid dienone is 1. The van der Waals surface area contributed by atoms with Crippen LogP contribution in [0.1, 0.15) is 32.4 Å². The molecule has 2 rings (SSSR count). The molecule has 1 aliphatic heterocycles. The van der Waals surface area contributed by atoms with Gasteiger partial charge < -0.3 is 19.9 Å². The number of methoxy groups -OCH3 is 1. The molecule has 8 heteroatoms. The molecule has 1 heterocycles. The van der Waals surface area contributed by atoms with Crippen molar-refractivity contribution in [3.05, 3.63) is 46.7 Å². The second kappa shape index (κ2) is 9.23. The highest BCUT2D eigenvalue weighted by molar-refractivity contribution is 7.80. The van der Waals surface area contributed by atoms with Gasteiger partial charge in [-0.1, -0.05) is 19.9 Å². The molecule has 1 aromatic rings. The van der Waals surface area contributed by atoms with Gasteiger partial charge in [-0.2, -0.15) is 0 Å². The summed E-state index contributed by atoms with van der Waals surface area (Å²) in [5, 5.41) is 3.24. The molecule has 148 valence electrons. The predicted octanol–water partition coefficient (Wildman–Crippen LogP) is 2.98. The molecule has 1 N–H and O–H groups in total. The highest BCUT2D eigenvalue weighted by atomic mass is 32.1. The highest BCUT2D eigenvalue weighted by Gasteiger charge is 2.37. The number of halogens is 2. The van der Waals surface area contributed by atoms with Gasteiger partial charge in [-0.15, -0.1) is 0 Å². The number of carbonyl (C=O) groups is 1. The van der Waals surface area contributed by atoms with Gasteiger partial charge in [0.05, 0.1) is 24.3 Å². The molecule has 0 bridgehead atoms. The van der Waals surface area contributed by atoms with Crippen LogP contribution < -0.4 is 5.32 Å². The Balaban J connectivity index is 2.47. The van der Waals surface area contributed by atoms with Gasteiger partial charge in [0.15, 0.2) is 5.11 Å². The second-order valence-corrected chi connectivity index (χ2v) is 6.57. The lowest BCUT2D eigenvalue weighted by Gasteiger charge is -2.38. The molecule has 0 spiro atoms. The first-order chi connectivity index (χ1) is 12.8. The predicted molar refractivity (Wildman–Crippen MR) is 104 cm³/mol. The zero-order chi connectivity index (χ0) is 20.1. The van der Waals surface area contributed by atoms with Crippen molar-refractivity contribution in [3.8, 4) is 0 Å². The lowest BCUT2D eigenvalue weighted by atomic mass is 9.94. The summed E-state index contributed by atoms with van der Waals surface area (Å²) in [6, 6.07) is 2.54. The van der Waals surface area contributed by atoms with Crippen LogP contribution in [-0.4, -0.2) is 54.2 Å². The lowest BCUT2D eigenvalue weighted by molar-refractivity contribution is -0.136. The van der Waals surface area contributed by atoms with Crippen LogP contribution in [0.2, 0.25) is 0 Å². The summed E-state index contributed by atoms with van der Waals surface area (Å²) in [6.07, 6.45) is 0. The number of benzene rings is 1. The third-order valence-corrected chi connectivity index (χ3v) is 5.16. The molecular formula is C19H25F2N3O2S. The Morgan fingerprint density at radius 1 is 1.30 bits per heavy atom. The Hall–Kier alpha value is -2.06. The smallest absolute Gasteiger partial charge is 0.337 e. The molecule has 1 aliphatic rings. The van der Waals surface area contributed by atoms with Crippen molar-refractivity contribution in [1.82, 2.24) is 15.1 Å². The van der Waals surface area contributed by atoms with E-state index in [1.165, 1.54) is 13.2 Å². The summed E-state index contributed by atoms with van der Waals surface area (Å²) in [5.74, 6) is -2.15. The quantitative estimate of drug-likeness (QED) is 0.564. The third kappa shape index (κ3) is 4.44. The molecule has 0 unspecified atom stereocenters. The normalized spacial score (nSPS) is 17.4. The van der Waals surface area contributed by atoms with E-state index in [4.69, 9.17) is 17.0 Å². The summed E-state index contributed by atoms with van der Waals surface area (Å²) < 4.78 is 33.6. The van der Waals surface area contributed by atoms with Crippen LogP contribution in [-0.2, 0) is 9.53 Å². The molecule has 0 aliphatic carbocycles. The Kier molecular flexibility index (Phi) is 7.26. The molecule has 0 amide bonds. The van der Waals surface area contributed by atoms with Gasteiger partial charge in [0, 0.05) is 18.8 Å². The van der Waals surface area contributed by atoms with Crippen molar-refractivity contribution >= 4 is 23.3 Å². The van der Waals surface area contributed by atoms with Crippen LogP contribution in [0.4, 0.5) is 8.78 Å². The maximum absolute atomic E-state index is 14.4. The van der Waals surface area contributed by atoms with E-state index in [1.807, 2.05) is 0 Å². The maximum atomic E-state index is 14.4. The fraction of sp³-hybridized carbons (Fsp3) is 0.474. The number of likely N-dealkylation sites (N-methyl/N-ethyl adjacent to an activating group) is 1. The Morgan fingerprint density at radius 2 is 1.89 bits per heavy atom. The minimum absolute atomic E-state index is 0.148. The molecule has 1 atom stereocenters. The van der Waals surface area contributed by atoms with Gasteiger partial charge in [0.25, 0.3) is 0 Å². The third-order valence-electron chi connectivity index (χ3n) is 4.82. The van der Waals surface area contributed by atoms with Crippen LogP contribution in [0.25, 0.3) is 0 Å². The molecule has 0 saturated carbocycles. The monoisotopic (exact) mass is 397 g/mol. The van der Waals surface area contributed by atoms with Gasteiger partial charge in [-0.05, 0) is 44.4 Å². The summed E-state index contributed by atoms with van der Waals surface area (Å²) in [6.45, 7) is 8.91. The second-order valence-electron chi connectivity index (χ2n) is 6.19. The van der Waals surface area contributed by atoms with E-state index < -0.39 is 23.6 Å². The Bertz CT molecular complexity index is 730. The average Bonchev–Trinajstić information content (AvgIpc) is 2.64. The van der Waals surface area contributed by atoms with E-state index in [0.717, 1.165) is 31.8 Å². The van der Waals surface area contributed by atoms with Gasteiger partial charge in [0.1, 0.15) is 11.6 Å². The van der Waals surface area contributed by atoms with Crippen LogP contribution in [0.3, 0.4) is 0 Å². The van der Waals surface area contributed by atoms with Crippen LogP contribution >= 0.6 is 12.2 Å². The Morgan fingerprint density at radius 3 is 2.41 bits per heavy atom. The van der Waals surface area contributed by atoms with E-state index in [1.54, 1.807) is 11.8 Å². The van der Waals surface area contributed by atoms with Crippen molar-refractivity contribution < 1.29 is 18.3 Å². The number of ether oxygens (including phenoxy) is 1. The average molecular weight is 397 g/mol. The molecular weight excluding hydrogens is 372 g/mol. The molecule has 0 aromatic heterocycles. The standard InChI is InChI=1S/C19H25F2N3O2S/c1-5-23(6-2)10-11-24-12(3)15(18(25)26-4)17(22-19(24)27)16-13(20)8-7-9-14(16)21/h7-9,17H,5-6,10-11H2,1-4H3,(H,22,27)/t17-/m1/s1. The van der Waals surface area contributed by atoms with Gasteiger partial charge in [-0.25, -0.2) is 13.6 Å². The number of nitrogens with zero attached hydrogens (tertiary/aromatic N) is 2. The number of rotatable bonds is 7. The zero-order valence-corrected chi connectivity index (χ0v) is 16.8. The fourth-order valence-corrected chi connectivity index (χ4v) is 3.56.